The van der Waals surface area contributed by atoms with Crippen molar-refractivity contribution in [2.24, 2.45) is 0 Å². The smallest absolute Gasteiger partial charge is 0.410 e. The van der Waals surface area contributed by atoms with Gasteiger partial charge >= 0.3 is 6.09 Å². The van der Waals surface area contributed by atoms with Crippen molar-refractivity contribution in [2.45, 2.75) is 20.0 Å². The van der Waals surface area contributed by atoms with Crippen LogP contribution in [0, 0.1) is 18.3 Å². The van der Waals surface area contributed by atoms with Crippen molar-refractivity contribution in [1.29, 1.82) is 5.26 Å². The van der Waals surface area contributed by atoms with E-state index < -0.39 is 0 Å². The Balaban J connectivity index is 1.35. The molecule has 1 N–H and O–H groups in total. The molecular weight excluding hydrogens is 390 g/mol. The number of nitriles is 1. The van der Waals surface area contributed by atoms with Crippen LogP contribution in [0.25, 0.3) is 0 Å². The summed E-state index contributed by atoms with van der Waals surface area (Å²) in [6, 6.07) is 19.4. The van der Waals surface area contributed by atoms with Gasteiger partial charge in [-0.15, -0.1) is 0 Å². The second-order valence-corrected chi connectivity index (χ2v) is 7.62. The zero-order valence-electron chi connectivity index (χ0n) is 17.5. The van der Waals surface area contributed by atoms with Crippen molar-refractivity contribution < 1.29 is 9.53 Å². The average Bonchev–Trinajstić information content (AvgIpc) is 3.18. The van der Waals surface area contributed by atoms with Crippen LogP contribution >= 0.6 is 0 Å². The summed E-state index contributed by atoms with van der Waals surface area (Å²) in [5, 5.41) is 8.98. The Labute approximate surface area is 181 Å². The molecule has 0 unspecified atom stereocenters. The summed E-state index contributed by atoms with van der Waals surface area (Å²) in [7, 11) is 0. The molecule has 2 aromatic carbocycles. The maximum atomic E-state index is 12.4. The summed E-state index contributed by atoms with van der Waals surface area (Å²) in [4.78, 5) is 24.5. The van der Waals surface area contributed by atoms with E-state index in [2.05, 4.69) is 20.9 Å². The van der Waals surface area contributed by atoms with Crippen molar-refractivity contribution in [2.75, 3.05) is 31.1 Å². The monoisotopic (exact) mass is 415 g/mol. The fourth-order valence-corrected chi connectivity index (χ4v) is 3.73. The van der Waals surface area contributed by atoms with E-state index >= 15 is 0 Å². The molecule has 4 rings (SSSR count). The molecular formula is C24H25N5O2. The lowest BCUT2D eigenvalue weighted by molar-refractivity contribution is 0.0941. The predicted molar refractivity (Wildman–Crippen MR) is 118 cm³/mol. The predicted octanol–water partition coefficient (Wildman–Crippen LogP) is 3.64. The number of nitrogens with zero attached hydrogens (tertiary/aromatic N) is 4. The number of ether oxygens (including phenoxy) is 1. The minimum absolute atomic E-state index is 0.276. The number of piperazine rings is 1. The van der Waals surface area contributed by atoms with Crippen LogP contribution in [-0.2, 0) is 17.8 Å². The molecule has 0 atom stereocenters. The Morgan fingerprint density at radius 2 is 1.77 bits per heavy atom. The average molecular weight is 415 g/mol. The molecule has 0 aliphatic carbocycles. The van der Waals surface area contributed by atoms with Crippen molar-refractivity contribution in [3.8, 4) is 6.07 Å². The van der Waals surface area contributed by atoms with Gasteiger partial charge in [-0.3, -0.25) is 0 Å². The van der Waals surface area contributed by atoms with Gasteiger partial charge in [0.1, 0.15) is 18.2 Å². The van der Waals surface area contributed by atoms with E-state index in [0.717, 1.165) is 28.5 Å². The minimum atomic E-state index is -0.276. The normalized spacial score (nSPS) is 13.7. The molecule has 7 heteroatoms. The van der Waals surface area contributed by atoms with E-state index in [0.29, 0.717) is 38.2 Å². The first-order valence-electron chi connectivity index (χ1n) is 10.4. The Morgan fingerprint density at radius 3 is 2.45 bits per heavy atom. The van der Waals surface area contributed by atoms with Crippen molar-refractivity contribution in [3.05, 3.63) is 82.8 Å². The zero-order chi connectivity index (χ0) is 21.6. The highest BCUT2D eigenvalue weighted by Gasteiger charge is 2.25. The zero-order valence-corrected chi connectivity index (χ0v) is 17.5. The van der Waals surface area contributed by atoms with Gasteiger partial charge in [-0.1, -0.05) is 42.5 Å². The summed E-state index contributed by atoms with van der Waals surface area (Å²) in [6.07, 6.45) is 0.409. The van der Waals surface area contributed by atoms with Crippen LogP contribution in [-0.4, -0.2) is 47.1 Å². The number of carbonyl (C=O) groups is 1. The maximum absolute atomic E-state index is 12.4. The van der Waals surface area contributed by atoms with Crippen LogP contribution in [0.3, 0.4) is 0 Å². The number of carbonyl (C=O) groups excluding carboxylic acids is 1. The van der Waals surface area contributed by atoms with E-state index in [9.17, 15) is 4.79 Å². The number of imidazole rings is 1. The molecule has 0 saturated carbocycles. The molecule has 7 nitrogen and oxygen atoms in total. The first kappa shape index (κ1) is 20.5. The first-order valence-corrected chi connectivity index (χ1v) is 10.4. The van der Waals surface area contributed by atoms with Gasteiger partial charge in [0.05, 0.1) is 17.3 Å². The Kier molecular flexibility index (Phi) is 6.18. The molecule has 3 aromatic rings. The second-order valence-electron chi connectivity index (χ2n) is 7.62. The highest BCUT2D eigenvalue weighted by atomic mass is 16.6. The van der Waals surface area contributed by atoms with Crippen LogP contribution in [0.5, 0.6) is 0 Å². The third kappa shape index (κ3) is 5.04. The quantitative estimate of drug-likeness (QED) is 0.688. The SMILES string of the molecule is Cc1nc(Cc2ccc(C#N)cc2)c(N2CCN(C(=O)OCc3ccccc3)CC2)[nH]1. The molecule has 1 aliphatic rings. The van der Waals surface area contributed by atoms with Gasteiger partial charge in [0.25, 0.3) is 0 Å². The lowest BCUT2D eigenvalue weighted by atomic mass is 10.1. The van der Waals surface area contributed by atoms with Gasteiger partial charge in [-0.25, -0.2) is 9.78 Å². The molecule has 31 heavy (non-hydrogen) atoms. The van der Waals surface area contributed by atoms with E-state index in [1.165, 1.54) is 0 Å². The fourth-order valence-electron chi connectivity index (χ4n) is 3.73. The number of H-pyrrole nitrogens is 1. The number of anilines is 1. The Morgan fingerprint density at radius 1 is 1.06 bits per heavy atom. The number of hydrogen-bond donors (Lipinski definition) is 1. The molecule has 2 heterocycles. The molecule has 158 valence electrons. The third-order valence-electron chi connectivity index (χ3n) is 5.39. The Hall–Kier alpha value is -3.79. The molecule has 0 bridgehead atoms. The van der Waals surface area contributed by atoms with E-state index in [1.54, 1.807) is 4.90 Å². The van der Waals surface area contributed by atoms with Crippen molar-refractivity contribution >= 4 is 11.9 Å². The number of benzene rings is 2. The van der Waals surface area contributed by atoms with E-state index in [4.69, 9.17) is 10.00 Å². The molecule has 1 fully saturated rings. The molecule has 1 amide bonds. The van der Waals surface area contributed by atoms with Crippen LogP contribution in [0.2, 0.25) is 0 Å². The van der Waals surface area contributed by atoms with E-state index in [1.807, 2.05) is 61.5 Å². The number of aryl methyl sites for hydroxylation is 1. The second kappa shape index (κ2) is 9.35. The number of rotatable bonds is 5. The van der Waals surface area contributed by atoms with Gasteiger partial charge in [-0.05, 0) is 30.2 Å². The molecule has 1 aliphatic heterocycles. The van der Waals surface area contributed by atoms with Crippen LogP contribution < -0.4 is 4.90 Å². The van der Waals surface area contributed by atoms with Crippen LogP contribution in [0.4, 0.5) is 10.6 Å². The summed E-state index contributed by atoms with van der Waals surface area (Å²) in [6.45, 7) is 4.85. The molecule has 0 radical (unpaired) electrons. The summed E-state index contributed by atoms with van der Waals surface area (Å²) < 4.78 is 5.46. The highest BCUT2D eigenvalue weighted by molar-refractivity contribution is 5.68. The Bertz CT molecular complexity index is 1060. The lowest BCUT2D eigenvalue weighted by Crippen LogP contribution is -2.49. The number of hydrogen-bond acceptors (Lipinski definition) is 5. The van der Waals surface area contributed by atoms with Crippen molar-refractivity contribution in [3.63, 3.8) is 0 Å². The summed E-state index contributed by atoms with van der Waals surface area (Å²) in [5.41, 5.74) is 3.71. The lowest BCUT2D eigenvalue weighted by Gasteiger charge is -2.35. The van der Waals surface area contributed by atoms with E-state index in [-0.39, 0.29) is 12.7 Å². The molecule has 0 spiro atoms. The molecule has 1 aromatic heterocycles. The highest BCUT2D eigenvalue weighted by Crippen LogP contribution is 2.23. The van der Waals surface area contributed by atoms with Crippen molar-refractivity contribution in [1.82, 2.24) is 14.9 Å². The van der Waals surface area contributed by atoms with Gasteiger partial charge in [0, 0.05) is 32.6 Å². The largest absolute Gasteiger partial charge is 0.445 e. The topological polar surface area (TPSA) is 85.2 Å². The van der Waals surface area contributed by atoms with Crippen LogP contribution in [0.15, 0.2) is 54.6 Å². The summed E-state index contributed by atoms with van der Waals surface area (Å²) >= 11 is 0. The number of aromatic nitrogens is 2. The maximum Gasteiger partial charge on any atom is 0.410 e. The van der Waals surface area contributed by atoms with Gasteiger partial charge in [0.2, 0.25) is 0 Å². The van der Waals surface area contributed by atoms with Gasteiger partial charge in [0.15, 0.2) is 0 Å². The number of amides is 1. The summed E-state index contributed by atoms with van der Waals surface area (Å²) in [5.74, 6) is 1.86. The molecule has 1 saturated heterocycles. The standard InChI is InChI=1S/C24H25N5O2/c1-18-26-22(15-19-7-9-20(16-25)10-8-19)23(27-18)28-11-13-29(14-12-28)24(30)31-17-21-5-3-2-4-6-21/h2-10H,11-15,17H2,1H3,(H,26,27). The fraction of sp³-hybridized carbons (Fsp3) is 0.292. The number of aromatic amines is 1. The van der Waals surface area contributed by atoms with Gasteiger partial charge in [-0.2, -0.15) is 5.26 Å². The third-order valence-corrected chi connectivity index (χ3v) is 5.39. The van der Waals surface area contributed by atoms with Crippen LogP contribution in [0.1, 0.15) is 28.2 Å². The number of nitrogens with one attached hydrogen (secondary N) is 1. The first-order chi connectivity index (χ1) is 15.1. The van der Waals surface area contributed by atoms with Gasteiger partial charge < -0.3 is 19.5 Å². The minimum Gasteiger partial charge on any atom is -0.445 e.